The van der Waals surface area contributed by atoms with E-state index < -0.39 is 22.2 Å². The molecular formula is C12H17N3O4S. The second-order valence-electron chi connectivity index (χ2n) is 4.86. The second-order valence-corrected chi connectivity index (χ2v) is 6.42. The summed E-state index contributed by atoms with van der Waals surface area (Å²) in [6, 6.07) is 3.81. The molecule has 2 atom stereocenters. The summed E-state index contributed by atoms with van der Waals surface area (Å²) < 4.78 is 22.6. The normalized spacial score (nSPS) is 22.8. The van der Waals surface area contributed by atoms with Crippen LogP contribution in [0, 0.1) is 6.92 Å². The van der Waals surface area contributed by atoms with Crippen LogP contribution in [0.15, 0.2) is 23.1 Å². The van der Waals surface area contributed by atoms with E-state index in [0.29, 0.717) is 18.7 Å². The lowest BCUT2D eigenvalue weighted by Gasteiger charge is -2.13. The van der Waals surface area contributed by atoms with E-state index in [9.17, 15) is 18.3 Å². The number of anilines is 1. The Bertz CT molecular complexity index is 630. The number of nitrogens with one attached hydrogen (secondary N) is 2. The summed E-state index contributed by atoms with van der Waals surface area (Å²) in [6.45, 7) is 2.12. The Morgan fingerprint density at radius 1 is 1.50 bits per heavy atom. The van der Waals surface area contributed by atoms with Crippen molar-refractivity contribution in [1.82, 2.24) is 5.32 Å². The van der Waals surface area contributed by atoms with Crippen molar-refractivity contribution in [3.63, 3.8) is 0 Å². The molecule has 1 aliphatic heterocycles. The van der Waals surface area contributed by atoms with Gasteiger partial charge in [0.1, 0.15) is 0 Å². The van der Waals surface area contributed by atoms with Crippen molar-refractivity contribution in [2.24, 2.45) is 5.14 Å². The van der Waals surface area contributed by atoms with Crippen LogP contribution in [0.2, 0.25) is 0 Å². The first-order valence-electron chi connectivity index (χ1n) is 6.13. The number of sulfonamides is 1. The van der Waals surface area contributed by atoms with Crippen molar-refractivity contribution in [3.8, 4) is 0 Å². The topological polar surface area (TPSA) is 122 Å². The Labute approximate surface area is 117 Å². The third kappa shape index (κ3) is 3.34. The van der Waals surface area contributed by atoms with Crippen molar-refractivity contribution in [3.05, 3.63) is 23.8 Å². The molecule has 20 heavy (non-hydrogen) atoms. The Morgan fingerprint density at radius 3 is 2.75 bits per heavy atom. The molecule has 2 unspecified atom stereocenters. The molecule has 0 radical (unpaired) electrons. The van der Waals surface area contributed by atoms with Gasteiger partial charge in [0, 0.05) is 12.2 Å². The summed E-state index contributed by atoms with van der Waals surface area (Å²) in [6.07, 6.45) is -0.206. The molecule has 0 bridgehead atoms. The molecule has 0 saturated carbocycles. The van der Waals surface area contributed by atoms with Crippen molar-refractivity contribution in [1.29, 1.82) is 0 Å². The monoisotopic (exact) mass is 299 g/mol. The molecule has 1 aliphatic rings. The maximum atomic E-state index is 12.0. The van der Waals surface area contributed by atoms with Gasteiger partial charge in [-0.05, 0) is 31.0 Å². The lowest BCUT2D eigenvalue weighted by Crippen LogP contribution is -2.35. The Balaban J connectivity index is 2.18. The van der Waals surface area contributed by atoms with Crippen LogP contribution < -0.4 is 15.8 Å². The van der Waals surface area contributed by atoms with Gasteiger partial charge in [0.05, 0.1) is 17.0 Å². The summed E-state index contributed by atoms with van der Waals surface area (Å²) in [5, 5.41) is 20.0. The quantitative estimate of drug-likeness (QED) is 0.588. The number of aliphatic hydroxyl groups excluding tert-OH is 1. The van der Waals surface area contributed by atoms with Gasteiger partial charge in [-0.2, -0.15) is 0 Å². The highest BCUT2D eigenvalue weighted by atomic mass is 32.2. The van der Waals surface area contributed by atoms with E-state index in [-0.39, 0.29) is 10.8 Å². The van der Waals surface area contributed by atoms with Gasteiger partial charge in [0.25, 0.3) is 0 Å². The molecule has 2 rings (SSSR count). The molecule has 0 aromatic heterocycles. The highest BCUT2D eigenvalue weighted by Gasteiger charge is 2.28. The van der Waals surface area contributed by atoms with Gasteiger partial charge in [-0.1, -0.05) is 6.07 Å². The molecule has 8 heteroatoms. The van der Waals surface area contributed by atoms with Gasteiger partial charge in [-0.25, -0.2) is 13.6 Å². The van der Waals surface area contributed by atoms with Crippen molar-refractivity contribution >= 4 is 21.6 Å². The van der Waals surface area contributed by atoms with Crippen LogP contribution in [-0.4, -0.2) is 38.1 Å². The summed E-state index contributed by atoms with van der Waals surface area (Å²) in [7, 11) is -3.81. The number of hydrogen-bond donors (Lipinski definition) is 4. The first-order chi connectivity index (χ1) is 9.27. The molecule has 1 saturated heterocycles. The molecule has 1 aromatic carbocycles. The maximum absolute atomic E-state index is 12.0. The lowest BCUT2D eigenvalue weighted by molar-refractivity contribution is -0.117. The molecule has 110 valence electrons. The zero-order chi connectivity index (χ0) is 14.9. The number of nitrogens with two attached hydrogens (primary N) is 1. The van der Waals surface area contributed by atoms with Crippen LogP contribution in [0.25, 0.3) is 0 Å². The van der Waals surface area contributed by atoms with E-state index >= 15 is 0 Å². The molecule has 1 amide bonds. The molecular weight excluding hydrogens is 282 g/mol. The van der Waals surface area contributed by atoms with Crippen LogP contribution >= 0.6 is 0 Å². The van der Waals surface area contributed by atoms with Crippen molar-refractivity contribution in [2.45, 2.75) is 30.4 Å². The fourth-order valence-electron chi connectivity index (χ4n) is 2.05. The van der Waals surface area contributed by atoms with Crippen LogP contribution in [0.1, 0.15) is 12.0 Å². The number of hydrogen-bond acceptors (Lipinski definition) is 5. The lowest BCUT2D eigenvalue weighted by atomic mass is 10.1. The second kappa shape index (κ2) is 5.49. The zero-order valence-electron chi connectivity index (χ0n) is 11.0. The number of amides is 1. The average molecular weight is 299 g/mol. The fraction of sp³-hybridized carbons (Fsp3) is 0.417. The zero-order valence-corrected chi connectivity index (χ0v) is 11.8. The third-order valence-corrected chi connectivity index (χ3v) is 4.13. The Kier molecular flexibility index (Phi) is 4.09. The summed E-state index contributed by atoms with van der Waals surface area (Å²) in [4.78, 5) is 12.0. The first kappa shape index (κ1) is 14.9. The SMILES string of the molecule is Cc1ccc(S(N)(=O)=O)cc1NC(=O)C1CC(O)CN1. The van der Waals surface area contributed by atoms with Gasteiger partial charge in [-0.3, -0.25) is 4.79 Å². The van der Waals surface area contributed by atoms with Crippen LogP contribution in [0.5, 0.6) is 0 Å². The molecule has 5 N–H and O–H groups in total. The molecule has 1 fully saturated rings. The average Bonchev–Trinajstić information content (AvgIpc) is 2.77. The standard InChI is InChI=1S/C12H17N3O4S/c1-7-2-3-9(20(13,18)19)5-10(7)15-12(17)11-4-8(16)6-14-11/h2-3,5,8,11,14,16H,4,6H2,1H3,(H,15,17)(H2,13,18,19). The molecule has 7 nitrogen and oxygen atoms in total. The largest absolute Gasteiger partial charge is 0.392 e. The van der Waals surface area contributed by atoms with Crippen molar-refractivity contribution < 1.29 is 18.3 Å². The molecule has 1 heterocycles. The van der Waals surface area contributed by atoms with E-state index in [1.54, 1.807) is 13.0 Å². The number of primary sulfonamides is 1. The summed E-state index contributed by atoms with van der Waals surface area (Å²) in [5.74, 6) is -0.309. The van der Waals surface area contributed by atoms with E-state index in [1.165, 1.54) is 12.1 Å². The number of aliphatic hydroxyl groups is 1. The van der Waals surface area contributed by atoms with E-state index in [2.05, 4.69) is 10.6 Å². The van der Waals surface area contributed by atoms with E-state index in [0.717, 1.165) is 5.56 Å². The van der Waals surface area contributed by atoms with Gasteiger partial charge >= 0.3 is 0 Å². The Morgan fingerprint density at radius 2 is 2.20 bits per heavy atom. The van der Waals surface area contributed by atoms with Gasteiger partial charge in [-0.15, -0.1) is 0 Å². The van der Waals surface area contributed by atoms with Gasteiger partial charge in [0.15, 0.2) is 0 Å². The molecule has 0 aliphatic carbocycles. The number of carbonyl (C=O) groups is 1. The number of rotatable bonds is 3. The Hall–Kier alpha value is -1.48. The van der Waals surface area contributed by atoms with Crippen LogP contribution in [-0.2, 0) is 14.8 Å². The molecule has 1 aromatic rings. The third-order valence-electron chi connectivity index (χ3n) is 3.22. The highest BCUT2D eigenvalue weighted by molar-refractivity contribution is 7.89. The number of carbonyl (C=O) groups excluding carboxylic acids is 1. The maximum Gasteiger partial charge on any atom is 0.241 e. The fourth-order valence-corrected chi connectivity index (χ4v) is 2.59. The molecule has 0 spiro atoms. The smallest absolute Gasteiger partial charge is 0.241 e. The van der Waals surface area contributed by atoms with E-state index in [1.807, 2.05) is 0 Å². The van der Waals surface area contributed by atoms with E-state index in [4.69, 9.17) is 5.14 Å². The van der Waals surface area contributed by atoms with Crippen LogP contribution in [0.3, 0.4) is 0 Å². The summed E-state index contributed by atoms with van der Waals surface area (Å²) >= 11 is 0. The minimum absolute atomic E-state index is 0.0576. The van der Waals surface area contributed by atoms with Gasteiger partial charge < -0.3 is 15.7 Å². The highest BCUT2D eigenvalue weighted by Crippen LogP contribution is 2.20. The number of β-amino-alcohol motifs (C(OH)–C–C–N with tert-alkyl or cyclic N) is 1. The predicted octanol–water partition coefficient (Wildman–Crippen LogP) is -0.696. The summed E-state index contributed by atoms with van der Waals surface area (Å²) in [5.41, 5.74) is 1.12. The number of benzene rings is 1. The number of aryl methyl sites for hydroxylation is 1. The van der Waals surface area contributed by atoms with Gasteiger partial charge in [0.2, 0.25) is 15.9 Å². The van der Waals surface area contributed by atoms with Crippen molar-refractivity contribution in [2.75, 3.05) is 11.9 Å². The first-order valence-corrected chi connectivity index (χ1v) is 7.68. The minimum atomic E-state index is -3.81. The predicted molar refractivity (Wildman–Crippen MR) is 73.6 cm³/mol. The minimum Gasteiger partial charge on any atom is -0.392 e. The van der Waals surface area contributed by atoms with Crippen LogP contribution in [0.4, 0.5) is 5.69 Å².